The fourth-order valence-corrected chi connectivity index (χ4v) is 3.17. The van der Waals surface area contributed by atoms with E-state index in [9.17, 15) is 4.79 Å². The molecule has 1 aliphatic carbocycles. The van der Waals surface area contributed by atoms with Gasteiger partial charge in [0.25, 0.3) is 0 Å². The Morgan fingerprint density at radius 3 is 2.90 bits per heavy atom. The van der Waals surface area contributed by atoms with Gasteiger partial charge in [-0.05, 0) is 54.9 Å². The van der Waals surface area contributed by atoms with Crippen molar-refractivity contribution >= 4 is 22.9 Å². The fourth-order valence-electron chi connectivity index (χ4n) is 3.17. The van der Waals surface area contributed by atoms with Gasteiger partial charge < -0.3 is 5.11 Å². The summed E-state index contributed by atoms with van der Waals surface area (Å²) >= 11 is 0. The minimum Gasteiger partial charge on any atom is -0.478 e. The first-order valence-electron chi connectivity index (χ1n) is 7.55. The van der Waals surface area contributed by atoms with Crippen molar-refractivity contribution in [3.8, 4) is 0 Å². The van der Waals surface area contributed by atoms with Crippen molar-refractivity contribution in [2.24, 2.45) is 0 Å². The number of nitrogens with zero attached hydrogens (tertiary/aromatic N) is 1. The van der Waals surface area contributed by atoms with Gasteiger partial charge in [-0.2, -0.15) is 0 Å². The van der Waals surface area contributed by atoms with Crippen molar-refractivity contribution in [3.63, 3.8) is 0 Å². The van der Waals surface area contributed by atoms with Crippen LogP contribution in [0.15, 0.2) is 24.3 Å². The van der Waals surface area contributed by atoms with Gasteiger partial charge >= 0.3 is 5.97 Å². The molecule has 0 saturated heterocycles. The molecule has 1 N–H and O–H groups in total. The molecule has 108 valence electrons. The standard InChI is InChI=1S/C18H19NO2/c1-2-12-6-5-8-15-13(10-11-17(20)21)14-7-3-4-9-16(14)19-18(12)15/h5-6,8,10-11H,2-4,7,9H2,1H3,(H,20,21)/b11-10+. The van der Waals surface area contributed by atoms with Gasteiger partial charge in [0.05, 0.1) is 5.52 Å². The average molecular weight is 281 g/mol. The molecule has 1 aromatic carbocycles. The second-order valence-electron chi connectivity index (χ2n) is 5.50. The minimum absolute atomic E-state index is 0.906. The molecule has 2 aromatic rings. The molecule has 3 nitrogen and oxygen atoms in total. The highest BCUT2D eigenvalue weighted by Gasteiger charge is 2.17. The first kappa shape index (κ1) is 13.8. The summed E-state index contributed by atoms with van der Waals surface area (Å²) in [6.07, 6.45) is 8.23. The highest BCUT2D eigenvalue weighted by Crippen LogP contribution is 2.31. The van der Waals surface area contributed by atoms with E-state index in [4.69, 9.17) is 10.1 Å². The quantitative estimate of drug-likeness (QED) is 0.871. The maximum atomic E-state index is 10.9. The Kier molecular flexibility index (Phi) is 3.74. The van der Waals surface area contributed by atoms with Crippen LogP contribution in [-0.4, -0.2) is 16.1 Å². The van der Waals surface area contributed by atoms with E-state index in [0.717, 1.165) is 47.8 Å². The van der Waals surface area contributed by atoms with Crippen LogP contribution < -0.4 is 0 Å². The van der Waals surface area contributed by atoms with Gasteiger partial charge in [0, 0.05) is 17.2 Å². The third-order valence-corrected chi connectivity index (χ3v) is 4.19. The van der Waals surface area contributed by atoms with Gasteiger partial charge in [-0.3, -0.25) is 4.98 Å². The van der Waals surface area contributed by atoms with Gasteiger partial charge in [0.15, 0.2) is 0 Å². The third-order valence-electron chi connectivity index (χ3n) is 4.19. The van der Waals surface area contributed by atoms with E-state index < -0.39 is 5.97 Å². The summed E-state index contributed by atoms with van der Waals surface area (Å²) in [6.45, 7) is 2.13. The second kappa shape index (κ2) is 5.68. The van der Waals surface area contributed by atoms with Crippen LogP contribution in [0.5, 0.6) is 0 Å². The number of aromatic nitrogens is 1. The van der Waals surface area contributed by atoms with Crippen LogP contribution in [0, 0.1) is 0 Å². The number of aliphatic carboxylic acids is 1. The molecule has 21 heavy (non-hydrogen) atoms. The zero-order chi connectivity index (χ0) is 14.8. The van der Waals surface area contributed by atoms with Crippen LogP contribution >= 0.6 is 0 Å². The Labute approximate surface area is 124 Å². The first-order chi connectivity index (χ1) is 10.2. The molecule has 0 spiro atoms. The Morgan fingerprint density at radius 1 is 1.33 bits per heavy atom. The van der Waals surface area contributed by atoms with Crippen molar-refractivity contribution in [2.75, 3.05) is 0 Å². The molecule has 1 aromatic heterocycles. The van der Waals surface area contributed by atoms with E-state index in [-0.39, 0.29) is 0 Å². The molecular formula is C18H19NO2. The number of aryl methyl sites for hydroxylation is 2. The smallest absolute Gasteiger partial charge is 0.328 e. The number of rotatable bonds is 3. The van der Waals surface area contributed by atoms with E-state index in [2.05, 4.69) is 19.1 Å². The van der Waals surface area contributed by atoms with Crippen molar-refractivity contribution in [2.45, 2.75) is 39.0 Å². The molecular weight excluding hydrogens is 262 g/mol. The zero-order valence-corrected chi connectivity index (χ0v) is 12.2. The lowest BCUT2D eigenvalue weighted by Gasteiger charge is -2.20. The average Bonchev–Trinajstić information content (AvgIpc) is 2.50. The molecule has 0 bridgehead atoms. The van der Waals surface area contributed by atoms with Crippen molar-refractivity contribution in [1.82, 2.24) is 4.98 Å². The summed E-state index contributed by atoms with van der Waals surface area (Å²) in [4.78, 5) is 15.8. The summed E-state index contributed by atoms with van der Waals surface area (Å²) in [7, 11) is 0. The van der Waals surface area contributed by atoms with Crippen LogP contribution in [0.2, 0.25) is 0 Å². The number of hydrogen-bond donors (Lipinski definition) is 1. The molecule has 0 saturated carbocycles. The SMILES string of the molecule is CCc1cccc2c(/C=C/C(=O)O)c3c(nc12)CCCC3. The Morgan fingerprint density at radius 2 is 2.14 bits per heavy atom. The molecule has 0 unspecified atom stereocenters. The molecule has 0 atom stereocenters. The predicted molar refractivity (Wildman–Crippen MR) is 84.4 cm³/mol. The monoisotopic (exact) mass is 281 g/mol. The molecule has 1 heterocycles. The van der Waals surface area contributed by atoms with Crippen LogP contribution in [0.3, 0.4) is 0 Å². The molecule has 0 radical (unpaired) electrons. The number of pyridine rings is 1. The molecule has 0 fully saturated rings. The fraction of sp³-hybridized carbons (Fsp3) is 0.333. The normalized spacial score (nSPS) is 14.5. The number of carboxylic acid groups (broad SMARTS) is 1. The number of benzene rings is 1. The van der Waals surface area contributed by atoms with Crippen LogP contribution in [0.25, 0.3) is 17.0 Å². The molecule has 1 aliphatic rings. The summed E-state index contributed by atoms with van der Waals surface area (Å²) in [5.74, 6) is -0.906. The minimum atomic E-state index is -0.906. The molecule has 0 aliphatic heterocycles. The summed E-state index contributed by atoms with van der Waals surface area (Å²) < 4.78 is 0. The van der Waals surface area contributed by atoms with E-state index in [1.54, 1.807) is 6.08 Å². The van der Waals surface area contributed by atoms with Gasteiger partial charge in [-0.1, -0.05) is 25.1 Å². The van der Waals surface area contributed by atoms with Gasteiger partial charge in [0.2, 0.25) is 0 Å². The lowest BCUT2D eigenvalue weighted by molar-refractivity contribution is -0.131. The third kappa shape index (κ3) is 2.56. The Balaban J connectivity index is 2.32. The van der Waals surface area contributed by atoms with Crippen molar-refractivity contribution in [3.05, 3.63) is 46.7 Å². The van der Waals surface area contributed by atoms with Crippen molar-refractivity contribution < 1.29 is 9.90 Å². The molecule has 3 heteroatoms. The first-order valence-corrected chi connectivity index (χ1v) is 7.55. The number of hydrogen-bond acceptors (Lipinski definition) is 2. The Hall–Kier alpha value is -2.16. The van der Waals surface area contributed by atoms with E-state index in [1.165, 1.54) is 23.6 Å². The second-order valence-corrected chi connectivity index (χ2v) is 5.50. The van der Waals surface area contributed by atoms with Crippen molar-refractivity contribution in [1.29, 1.82) is 0 Å². The zero-order valence-electron chi connectivity index (χ0n) is 12.2. The highest BCUT2D eigenvalue weighted by atomic mass is 16.4. The molecule has 3 rings (SSSR count). The van der Waals surface area contributed by atoms with Gasteiger partial charge in [0.1, 0.15) is 0 Å². The predicted octanol–water partition coefficient (Wildman–Crippen LogP) is 3.77. The maximum absolute atomic E-state index is 10.9. The van der Waals surface area contributed by atoms with E-state index >= 15 is 0 Å². The van der Waals surface area contributed by atoms with Crippen LogP contribution in [-0.2, 0) is 24.1 Å². The largest absolute Gasteiger partial charge is 0.478 e. The number of carbonyl (C=O) groups is 1. The van der Waals surface area contributed by atoms with Gasteiger partial charge in [-0.15, -0.1) is 0 Å². The summed E-state index contributed by atoms with van der Waals surface area (Å²) in [5.41, 5.74) is 5.70. The number of carboxylic acids is 1. The lowest BCUT2D eigenvalue weighted by atomic mass is 9.89. The Bertz CT molecular complexity index is 732. The van der Waals surface area contributed by atoms with E-state index in [0.29, 0.717) is 0 Å². The maximum Gasteiger partial charge on any atom is 0.328 e. The summed E-state index contributed by atoms with van der Waals surface area (Å²) in [6, 6.07) is 6.20. The highest BCUT2D eigenvalue weighted by molar-refractivity contribution is 5.95. The van der Waals surface area contributed by atoms with E-state index in [1.807, 2.05) is 6.07 Å². The topological polar surface area (TPSA) is 50.2 Å². The number of para-hydroxylation sites is 1. The van der Waals surface area contributed by atoms with Crippen LogP contribution in [0.1, 0.15) is 42.1 Å². The van der Waals surface area contributed by atoms with Crippen LogP contribution in [0.4, 0.5) is 0 Å². The lowest BCUT2D eigenvalue weighted by Crippen LogP contribution is -2.09. The summed E-state index contributed by atoms with van der Waals surface area (Å²) in [5, 5.41) is 10.0. The van der Waals surface area contributed by atoms with Gasteiger partial charge in [-0.25, -0.2) is 4.79 Å². The number of fused-ring (bicyclic) bond motifs is 2. The molecule has 0 amide bonds.